The molecule has 0 radical (unpaired) electrons. The lowest BCUT2D eigenvalue weighted by Crippen LogP contribution is -2.65. The second-order valence-electron chi connectivity index (χ2n) is 6.29. The van der Waals surface area contributed by atoms with Crippen molar-refractivity contribution in [2.75, 3.05) is 78.5 Å². The van der Waals surface area contributed by atoms with E-state index in [9.17, 15) is 0 Å². The van der Waals surface area contributed by atoms with Crippen LogP contribution in [0.5, 0.6) is 0 Å². The van der Waals surface area contributed by atoms with E-state index in [1.54, 1.807) is 0 Å². The number of nitrogens with zero attached hydrogens (tertiary/aromatic N) is 4. The van der Waals surface area contributed by atoms with E-state index in [2.05, 4.69) is 31.8 Å². The molecule has 0 spiro atoms. The molecule has 4 bridgehead atoms. The fourth-order valence-corrected chi connectivity index (χ4v) is 7.06. The smallest absolute Gasteiger partial charge is 0.210 e. The van der Waals surface area contributed by atoms with E-state index in [0.717, 1.165) is 0 Å². The molecule has 0 aromatic heterocycles. The summed E-state index contributed by atoms with van der Waals surface area (Å²) < 4.78 is 2.68. The second-order valence-corrected chi connectivity index (χ2v) is 9.03. The molecule has 0 N–H and O–H groups in total. The Bertz CT molecular complexity index is 262. The third kappa shape index (κ3) is 2.11. The summed E-state index contributed by atoms with van der Waals surface area (Å²) in [6.07, 6.45) is 0. The van der Waals surface area contributed by atoms with E-state index >= 15 is 0 Å². The van der Waals surface area contributed by atoms with Crippen molar-refractivity contribution in [1.29, 1.82) is 0 Å². The molecule has 6 heterocycles. The molecule has 0 aromatic rings. The molecule has 6 fully saturated rings. The molecule has 0 aromatic carbocycles. The first kappa shape index (κ1) is 12.3. The summed E-state index contributed by atoms with van der Waals surface area (Å²) in [5.41, 5.74) is 0. The molecule has 4 nitrogen and oxygen atoms in total. The van der Waals surface area contributed by atoms with Crippen LogP contribution < -0.4 is 0 Å². The Labute approximate surface area is 118 Å². The zero-order chi connectivity index (χ0) is 12.1. The summed E-state index contributed by atoms with van der Waals surface area (Å²) >= 11 is 0. The molecule has 0 aliphatic carbocycles. The Hall–Kier alpha value is 0.540. The first-order valence-electron chi connectivity index (χ1n) is 7.33. The van der Waals surface area contributed by atoms with E-state index in [1.165, 1.54) is 86.3 Å². The van der Waals surface area contributed by atoms with Gasteiger partial charge in [0.05, 0.1) is 0 Å². The maximum absolute atomic E-state index is 2.64. The van der Waals surface area contributed by atoms with Crippen molar-refractivity contribution < 1.29 is 7.78 Å². The first-order valence-corrected chi connectivity index (χ1v) is 9.39. The minimum absolute atomic E-state index is 1.33. The van der Waals surface area contributed by atoms with Crippen molar-refractivity contribution in [3.63, 3.8) is 0 Å². The minimum atomic E-state index is 1.33. The van der Waals surface area contributed by atoms with E-state index < -0.39 is 0 Å². The summed E-state index contributed by atoms with van der Waals surface area (Å²) in [7, 11) is 4.44. The summed E-state index contributed by atoms with van der Waals surface area (Å²) in [5, 5.41) is 0. The Balaban J connectivity index is 1.40. The molecule has 6 aliphatic heterocycles. The molecule has 18 heavy (non-hydrogen) atoms. The van der Waals surface area contributed by atoms with E-state index in [-0.39, 0.29) is 0 Å². The van der Waals surface area contributed by atoms with Crippen LogP contribution in [0.2, 0.25) is 0 Å². The van der Waals surface area contributed by atoms with Gasteiger partial charge in [-0.3, -0.25) is 9.80 Å². The fourth-order valence-electron chi connectivity index (χ4n) is 3.65. The lowest BCUT2D eigenvalue weighted by atomic mass is 10.2. The Morgan fingerprint density at radius 2 is 0.778 bits per heavy atom. The number of fused-ring (bicyclic) bond motifs is 6. The van der Waals surface area contributed by atoms with Crippen molar-refractivity contribution >= 4 is 22.0 Å². The lowest BCUT2D eigenvalue weighted by molar-refractivity contribution is -0.821. The van der Waals surface area contributed by atoms with Crippen molar-refractivity contribution in [2.24, 2.45) is 0 Å². The number of hydrogen-bond donors (Lipinski definition) is 0. The standard InChI is InChI=1S/C12H24N4S2/c1-7-15(8-2-13(1)3-9-15)17-18-16-10-4-14(5-11-16)6-12-16/h1-12H2/q+2. The van der Waals surface area contributed by atoms with Gasteiger partial charge < -0.3 is 0 Å². The van der Waals surface area contributed by atoms with Crippen molar-refractivity contribution in [2.45, 2.75) is 0 Å². The largest absolute Gasteiger partial charge is 0.287 e. The average Bonchev–Trinajstić information content (AvgIpc) is 2.49. The Morgan fingerprint density at radius 1 is 0.500 bits per heavy atom. The zero-order valence-electron chi connectivity index (χ0n) is 11.1. The molecular formula is C12H24N4S2+2. The van der Waals surface area contributed by atoms with Crippen LogP contribution in [0.25, 0.3) is 0 Å². The summed E-state index contributed by atoms with van der Waals surface area (Å²) in [6, 6.07) is 0. The number of rotatable bonds is 3. The highest BCUT2D eigenvalue weighted by Gasteiger charge is 2.47. The summed E-state index contributed by atoms with van der Waals surface area (Å²) in [5.74, 6) is 0. The number of piperazine rings is 6. The first-order chi connectivity index (χ1) is 8.78. The summed E-state index contributed by atoms with van der Waals surface area (Å²) in [6.45, 7) is 16.3. The number of hydrogen-bond acceptors (Lipinski definition) is 4. The molecule has 0 amide bonds. The van der Waals surface area contributed by atoms with Gasteiger partial charge in [0.15, 0.2) is 0 Å². The van der Waals surface area contributed by atoms with Gasteiger partial charge in [-0.05, 0) is 0 Å². The quantitative estimate of drug-likeness (QED) is 0.423. The maximum atomic E-state index is 2.64. The van der Waals surface area contributed by atoms with Crippen molar-refractivity contribution in [3.8, 4) is 0 Å². The minimum Gasteiger partial charge on any atom is -0.287 e. The van der Waals surface area contributed by atoms with Crippen LogP contribution in [-0.4, -0.2) is 96.1 Å². The van der Waals surface area contributed by atoms with Gasteiger partial charge in [-0.2, -0.15) is 0 Å². The van der Waals surface area contributed by atoms with Gasteiger partial charge in [-0.1, -0.05) is 0 Å². The van der Waals surface area contributed by atoms with Crippen LogP contribution in [0.15, 0.2) is 0 Å². The predicted octanol–water partition coefficient (Wildman–Crippen LogP) is 0.490. The van der Waals surface area contributed by atoms with Crippen LogP contribution in [0.4, 0.5) is 0 Å². The third-order valence-corrected chi connectivity index (χ3v) is 9.18. The summed E-state index contributed by atoms with van der Waals surface area (Å²) in [4.78, 5) is 5.27. The van der Waals surface area contributed by atoms with Gasteiger partial charge in [0, 0.05) is 39.3 Å². The maximum Gasteiger partial charge on any atom is 0.210 e. The average molecular weight is 288 g/mol. The van der Waals surface area contributed by atoms with E-state index in [4.69, 9.17) is 0 Å². The molecular weight excluding hydrogens is 264 g/mol. The molecule has 102 valence electrons. The van der Waals surface area contributed by atoms with Crippen LogP contribution in [0.1, 0.15) is 0 Å². The predicted molar refractivity (Wildman–Crippen MR) is 77.8 cm³/mol. The van der Waals surface area contributed by atoms with E-state index in [1.807, 2.05) is 0 Å². The molecule has 6 rings (SSSR count). The monoisotopic (exact) mass is 288 g/mol. The Kier molecular flexibility index (Phi) is 3.10. The van der Waals surface area contributed by atoms with Crippen LogP contribution in [0, 0.1) is 0 Å². The second kappa shape index (κ2) is 4.53. The van der Waals surface area contributed by atoms with Crippen LogP contribution >= 0.6 is 22.0 Å². The molecule has 6 aliphatic rings. The Morgan fingerprint density at radius 3 is 1.06 bits per heavy atom. The highest BCUT2D eigenvalue weighted by Crippen LogP contribution is 2.45. The number of quaternary nitrogens is 2. The van der Waals surface area contributed by atoms with Gasteiger partial charge in [0.1, 0.15) is 39.3 Å². The van der Waals surface area contributed by atoms with Gasteiger partial charge in [-0.25, -0.2) is 7.78 Å². The molecule has 0 atom stereocenters. The molecule has 6 heteroatoms. The highest BCUT2D eigenvalue weighted by molar-refractivity contribution is 8.72. The molecule has 0 saturated carbocycles. The SMILES string of the molecule is C1C[N+]2(SS[N+]34CCN(CC3)CC4)CCN1CC2. The zero-order valence-corrected chi connectivity index (χ0v) is 12.7. The van der Waals surface area contributed by atoms with Gasteiger partial charge >= 0.3 is 0 Å². The van der Waals surface area contributed by atoms with Gasteiger partial charge in [0.25, 0.3) is 0 Å². The third-order valence-electron chi connectivity index (χ3n) is 5.29. The van der Waals surface area contributed by atoms with Crippen LogP contribution in [-0.2, 0) is 0 Å². The fraction of sp³-hybridized carbons (Fsp3) is 1.00. The molecule has 0 unspecified atom stereocenters. The van der Waals surface area contributed by atoms with Gasteiger partial charge in [0.2, 0.25) is 22.0 Å². The highest BCUT2D eigenvalue weighted by atomic mass is 33.1. The van der Waals surface area contributed by atoms with Crippen molar-refractivity contribution in [1.82, 2.24) is 9.80 Å². The van der Waals surface area contributed by atoms with Gasteiger partial charge in [-0.15, -0.1) is 0 Å². The van der Waals surface area contributed by atoms with Crippen LogP contribution in [0.3, 0.4) is 0 Å². The molecule has 6 saturated heterocycles. The van der Waals surface area contributed by atoms with Crippen molar-refractivity contribution in [3.05, 3.63) is 0 Å². The normalized spacial score (nSPS) is 50.7. The topological polar surface area (TPSA) is 6.48 Å². The van der Waals surface area contributed by atoms with E-state index in [0.29, 0.717) is 0 Å². The lowest BCUT2D eigenvalue weighted by Gasteiger charge is -2.51.